The van der Waals surface area contributed by atoms with Crippen molar-refractivity contribution < 1.29 is 13.2 Å². The van der Waals surface area contributed by atoms with Crippen LogP contribution in [0.2, 0.25) is 0 Å². The zero-order valence-electron chi connectivity index (χ0n) is 14.9. The quantitative estimate of drug-likeness (QED) is 0.763. The molecule has 1 aliphatic rings. The molecule has 8 heteroatoms. The van der Waals surface area contributed by atoms with E-state index < -0.39 is 12.6 Å². The molecule has 142 valence electrons. The molecule has 0 spiro atoms. The number of piperidine rings is 1. The van der Waals surface area contributed by atoms with Crippen molar-refractivity contribution in [2.75, 3.05) is 25.0 Å². The van der Waals surface area contributed by atoms with Crippen LogP contribution in [-0.4, -0.2) is 46.7 Å². The summed E-state index contributed by atoms with van der Waals surface area (Å²) in [6, 6.07) is 1.85. The van der Waals surface area contributed by atoms with Crippen LogP contribution in [0.1, 0.15) is 31.6 Å². The molecule has 0 unspecified atom stereocenters. The predicted molar refractivity (Wildman–Crippen MR) is 99.7 cm³/mol. The van der Waals surface area contributed by atoms with E-state index in [0.29, 0.717) is 16.0 Å². The third kappa shape index (κ3) is 4.94. The lowest BCUT2D eigenvalue weighted by Gasteiger charge is -2.32. The van der Waals surface area contributed by atoms with E-state index in [4.69, 9.17) is 0 Å². The molecule has 0 bridgehead atoms. The Bertz CT molecular complexity index is 776. The Morgan fingerprint density at radius 2 is 2.08 bits per heavy atom. The zero-order valence-corrected chi connectivity index (χ0v) is 15.8. The molecule has 2 aromatic rings. The van der Waals surface area contributed by atoms with Crippen LogP contribution in [0.25, 0.3) is 10.2 Å². The highest BCUT2D eigenvalue weighted by Crippen LogP contribution is 2.33. The maximum atomic E-state index is 12.6. The van der Waals surface area contributed by atoms with Gasteiger partial charge in [-0.25, -0.2) is 9.97 Å². The van der Waals surface area contributed by atoms with Gasteiger partial charge in [0, 0.05) is 30.6 Å². The number of likely N-dealkylation sites (tertiary alicyclic amines) is 1. The summed E-state index contributed by atoms with van der Waals surface area (Å²) in [5.41, 5.74) is 1.37. The van der Waals surface area contributed by atoms with E-state index in [1.165, 1.54) is 11.9 Å². The van der Waals surface area contributed by atoms with Crippen LogP contribution in [0.15, 0.2) is 24.0 Å². The van der Waals surface area contributed by atoms with Gasteiger partial charge in [0.05, 0.1) is 11.8 Å². The average molecular weight is 384 g/mol. The molecule has 1 N–H and O–H groups in total. The fourth-order valence-corrected chi connectivity index (χ4v) is 4.20. The molecule has 1 aliphatic heterocycles. The van der Waals surface area contributed by atoms with Crippen molar-refractivity contribution in [3.8, 4) is 0 Å². The maximum absolute atomic E-state index is 12.6. The molecule has 3 heterocycles. The number of halogens is 3. The third-order valence-corrected chi connectivity index (χ3v) is 5.69. The summed E-state index contributed by atoms with van der Waals surface area (Å²) in [5, 5.41) is 4.11. The van der Waals surface area contributed by atoms with Crippen molar-refractivity contribution >= 4 is 27.4 Å². The van der Waals surface area contributed by atoms with Crippen molar-refractivity contribution in [2.24, 2.45) is 0 Å². The molecular formula is C18H23F3N4S. The second-order valence-corrected chi connectivity index (χ2v) is 7.89. The predicted octanol–water partition coefficient (Wildman–Crippen LogP) is 4.64. The van der Waals surface area contributed by atoms with E-state index in [1.807, 2.05) is 0 Å². The van der Waals surface area contributed by atoms with E-state index in [9.17, 15) is 13.2 Å². The van der Waals surface area contributed by atoms with Crippen LogP contribution in [0, 0.1) is 0 Å². The van der Waals surface area contributed by atoms with E-state index >= 15 is 0 Å². The van der Waals surface area contributed by atoms with Gasteiger partial charge in [0.25, 0.3) is 0 Å². The van der Waals surface area contributed by atoms with Gasteiger partial charge in [-0.05, 0) is 32.8 Å². The molecule has 0 amide bonds. The van der Waals surface area contributed by atoms with Crippen molar-refractivity contribution in [3.05, 3.63) is 28.9 Å². The number of rotatable bonds is 5. The molecule has 0 saturated carbocycles. The first-order valence-electron chi connectivity index (χ1n) is 8.75. The third-order valence-electron chi connectivity index (χ3n) is 4.65. The highest BCUT2D eigenvalue weighted by atomic mass is 32.1. The van der Waals surface area contributed by atoms with E-state index in [-0.39, 0.29) is 10.9 Å². The van der Waals surface area contributed by atoms with Gasteiger partial charge in [0.15, 0.2) is 0 Å². The number of thiophene rings is 1. The number of hydrogen-bond donors (Lipinski definition) is 1. The van der Waals surface area contributed by atoms with Crippen LogP contribution in [-0.2, 0) is 6.42 Å². The van der Waals surface area contributed by atoms with Crippen molar-refractivity contribution in [3.63, 3.8) is 0 Å². The molecule has 3 rings (SSSR count). The lowest BCUT2D eigenvalue weighted by atomic mass is 10.0. The number of nitrogens with zero attached hydrogens (tertiary/aromatic N) is 3. The standard InChI is InChI=1S/C18H23F3N4S/c1-3-12(2)10-25-6-4-13(5-7-25)24-16-15-8-14(9-18(19,20)21)26-17(15)23-11-22-16/h3,8,11,13H,4-7,9-10H2,1-2H3,(H,22,23,24)/b12-3+. The molecule has 1 saturated heterocycles. The Morgan fingerprint density at radius 3 is 2.73 bits per heavy atom. The van der Waals surface area contributed by atoms with Crippen LogP contribution in [0.3, 0.4) is 0 Å². The molecule has 0 aromatic carbocycles. The highest BCUT2D eigenvalue weighted by molar-refractivity contribution is 7.18. The number of hydrogen-bond acceptors (Lipinski definition) is 5. The largest absolute Gasteiger partial charge is 0.393 e. The first-order chi connectivity index (χ1) is 12.3. The van der Waals surface area contributed by atoms with E-state index in [0.717, 1.165) is 43.8 Å². The topological polar surface area (TPSA) is 41.0 Å². The van der Waals surface area contributed by atoms with Gasteiger partial charge in [0.1, 0.15) is 17.0 Å². The number of aromatic nitrogens is 2. The average Bonchev–Trinajstić information content (AvgIpc) is 2.98. The van der Waals surface area contributed by atoms with Crippen LogP contribution < -0.4 is 5.32 Å². The van der Waals surface area contributed by atoms with Gasteiger partial charge < -0.3 is 5.32 Å². The number of allylic oxidation sites excluding steroid dienone is 1. The smallest absolute Gasteiger partial charge is 0.367 e. The van der Waals surface area contributed by atoms with Gasteiger partial charge in [-0.2, -0.15) is 13.2 Å². The Kier molecular flexibility index (Phi) is 5.82. The lowest BCUT2D eigenvalue weighted by molar-refractivity contribution is -0.126. The first-order valence-corrected chi connectivity index (χ1v) is 9.56. The summed E-state index contributed by atoms with van der Waals surface area (Å²) in [5.74, 6) is 0.641. The molecule has 1 fully saturated rings. The molecule has 2 aromatic heterocycles. The van der Waals surface area contributed by atoms with Gasteiger partial charge in [-0.3, -0.25) is 4.90 Å². The molecular weight excluding hydrogens is 361 g/mol. The SMILES string of the molecule is C/C=C(\C)CN1CCC(Nc2ncnc3sc(CC(F)(F)F)cc23)CC1. The van der Waals surface area contributed by atoms with Crippen molar-refractivity contribution in [2.45, 2.75) is 45.3 Å². The molecule has 4 nitrogen and oxygen atoms in total. The Morgan fingerprint density at radius 1 is 1.35 bits per heavy atom. The summed E-state index contributed by atoms with van der Waals surface area (Å²) in [6.07, 6.45) is 0.403. The van der Waals surface area contributed by atoms with Gasteiger partial charge in [0.2, 0.25) is 0 Å². The number of alkyl halides is 3. The van der Waals surface area contributed by atoms with Crippen molar-refractivity contribution in [1.29, 1.82) is 0 Å². The van der Waals surface area contributed by atoms with Crippen LogP contribution in [0.5, 0.6) is 0 Å². The second-order valence-electron chi connectivity index (χ2n) is 6.78. The summed E-state index contributed by atoms with van der Waals surface area (Å²) < 4.78 is 37.9. The normalized spacial score (nSPS) is 17.8. The minimum absolute atomic E-state index is 0.271. The van der Waals surface area contributed by atoms with E-state index in [2.05, 4.69) is 40.1 Å². The summed E-state index contributed by atoms with van der Waals surface area (Å²) in [7, 11) is 0. The van der Waals surface area contributed by atoms with Gasteiger partial charge in [-0.15, -0.1) is 11.3 Å². The van der Waals surface area contributed by atoms with Gasteiger partial charge >= 0.3 is 6.18 Å². The Balaban J connectivity index is 1.66. The van der Waals surface area contributed by atoms with E-state index in [1.54, 1.807) is 6.07 Å². The molecule has 26 heavy (non-hydrogen) atoms. The van der Waals surface area contributed by atoms with Gasteiger partial charge in [-0.1, -0.05) is 11.6 Å². The fraction of sp³-hybridized carbons (Fsp3) is 0.556. The Hall–Kier alpha value is -1.67. The number of fused-ring (bicyclic) bond motifs is 1. The molecule has 0 radical (unpaired) electrons. The van der Waals surface area contributed by atoms with Crippen LogP contribution in [0.4, 0.5) is 19.0 Å². The minimum atomic E-state index is -4.21. The highest BCUT2D eigenvalue weighted by Gasteiger charge is 2.29. The van der Waals surface area contributed by atoms with Crippen LogP contribution >= 0.6 is 11.3 Å². The maximum Gasteiger partial charge on any atom is 0.393 e. The number of nitrogens with one attached hydrogen (secondary N) is 1. The lowest BCUT2D eigenvalue weighted by Crippen LogP contribution is -2.39. The van der Waals surface area contributed by atoms with Crippen molar-refractivity contribution in [1.82, 2.24) is 14.9 Å². The molecule has 0 atom stereocenters. The number of anilines is 1. The second kappa shape index (κ2) is 7.92. The fourth-order valence-electron chi connectivity index (χ4n) is 3.18. The summed E-state index contributed by atoms with van der Waals surface area (Å²) >= 11 is 1.08. The first kappa shape index (κ1) is 19.1. The monoisotopic (exact) mass is 384 g/mol. The molecule has 0 aliphatic carbocycles. The summed E-state index contributed by atoms with van der Waals surface area (Å²) in [6.45, 7) is 7.18. The zero-order chi connectivity index (χ0) is 18.7. The Labute approximate surface area is 155 Å². The summed E-state index contributed by atoms with van der Waals surface area (Å²) in [4.78, 5) is 11.7. The minimum Gasteiger partial charge on any atom is -0.367 e.